The molecule has 0 amide bonds. The van der Waals surface area contributed by atoms with E-state index in [4.69, 9.17) is 9.73 Å². The van der Waals surface area contributed by atoms with Crippen LogP contribution < -0.4 is 5.32 Å². The van der Waals surface area contributed by atoms with Crippen molar-refractivity contribution in [1.29, 1.82) is 0 Å². The van der Waals surface area contributed by atoms with Crippen LogP contribution in [0.5, 0.6) is 0 Å². The number of ether oxygens (including phenoxy) is 1. The first-order valence-electron chi connectivity index (χ1n) is 11.6. The highest BCUT2D eigenvalue weighted by Crippen LogP contribution is 3.11. The van der Waals surface area contributed by atoms with E-state index in [1.54, 1.807) is 25.3 Å². The molecule has 1 atom stereocenters. The number of nitrogens with one attached hydrogen (secondary N) is 1. The van der Waals surface area contributed by atoms with Crippen LogP contribution in [0.4, 0.5) is 4.39 Å². The predicted molar refractivity (Wildman–Crippen MR) is 118 cm³/mol. The Morgan fingerprint density at radius 1 is 1.15 bits per heavy atom. The topological polar surface area (TPSA) is 101 Å². The van der Waals surface area contributed by atoms with Crippen LogP contribution >= 0.6 is 11.3 Å². The highest BCUT2D eigenvalue weighted by molar-refractivity contribution is 7.11. The fourth-order valence-corrected chi connectivity index (χ4v) is 9.69. The summed E-state index contributed by atoms with van der Waals surface area (Å²) in [6, 6.07) is 5.41. The number of carboxylic acids is 1. The van der Waals surface area contributed by atoms with Gasteiger partial charge in [-0.05, 0) is 60.1 Å². The molecule has 2 N–H and O–H groups in total. The molecular formula is C25H20FN3O4S. The van der Waals surface area contributed by atoms with Crippen LogP contribution in [0, 0.1) is 52.2 Å². The van der Waals surface area contributed by atoms with E-state index in [0.29, 0.717) is 39.7 Å². The number of carboxylic acid groups (broad SMARTS) is 1. The molecule has 1 unspecified atom stereocenters. The fourth-order valence-electron chi connectivity index (χ4n) is 9.10. The van der Waals surface area contributed by atoms with Crippen molar-refractivity contribution in [2.24, 2.45) is 51.3 Å². The third-order valence-corrected chi connectivity index (χ3v) is 10.6. The van der Waals surface area contributed by atoms with Crippen molar-refractivity contribution in [3.05, 3.63) is 63.5 Å². The maximum absolute atomic E-state index is 13.7. The third kappa shape index (κ3) is 1.65. The Morgan fingerprint density at radius 3 is 2.38 bits per heavy atom. The minimum Gasteiger partial charge on any atom is -0.481 e. The Kier molecular flexibility index (Phi) is 3.26. The Balaban J connectivity index is 1.28. The molecule has 0 radical (unpaired) electrons. The Labute approximate surface area is 197 Å². The molecule has 6 aliphatic carbocycles. The van der Waals surface area contributed by atoms with Crippen molar-refractivity contribution in [3.63, 3.8) is 0 Å². The number of nitrogens with zero attached hydrogens (tertiary/aromatic N) is 2. The normalized spacial score (nSPS) is 43.1. The van der Waals surface area contributed by atoms with Crippen LogP contribution in [0.25, 0.3) is 0 Å². The van der Waals surface area contributed by atoms with Crippen molar-refractivity contribution in [3.8, 4) is 0 Å². The quantitative estimate of drug-likeness (QED) is 0.621. The third-order valence-electron chi connectivity index (χ3n) is 9.79. The van der Waals surface area contributed by atoms with Gasteiger partial charge in [0.2, 0.25) is 0 Å². The second kappa shape index (κ2) is 5.76. The van der Waals surface area contributed by atoms with E-state index in [-0.39, 0.29) is 35.6 Å². The minimum absolute atomic E-state index is 0.198. The number of thiazole rings is 1. The maximum atomic E-state index is 13.7. The van der Waals surface area contributed by atoms with E-state index >= 15 is 0 Å². The number of amidine groups is 1. The molecule has 1 aliphatic heterocycles. The number of halogens is 1. The van der Waals surface area contributed by atoms with E-state index in [1.807, 2.05) is 5.38 Å². The number of hydrogen-bond donors (Lipinski definition) is 2. The van der Waals surface area contributed by atoms with Gasteiger partial charge in [0.25, 0.3) is 0 Å². The average molecular weight is 478 g/mol. The Morgan fingerprint density at radius 2 is 1.82 bits per heavy atom. The molecular weight excluding hydrogens is 457 g/mol. The van der Waals surface area contributed by atoms with Crippen molar-refractivity contribution < 1.29 is 23.8 Å². The summed E-state index contributed by atoms with van der Waals surface area (Å²) in [7, 11) is 0. The van der Waals surface area contributed by atoms with Gasteiger partial charge >= 0.3 is 11.9 Å². The lowest BCUT2D eigenvalue weighted by Crippen LogP contribution is -3.11. The smallest absolute Gasteiger partial charge is 0.338 e. The second-order valence-corrected chi connectivity index (χ2v) is 11.1. The summed E-state index contributed by atoms with van der Waals surface area (Å²) in [4.78, 5) is 34.7. The van der Waals surface area contributed by atoms with E-state index < -0.39 is 23.4 Å². The number of aliphatic carboxylic acids is 1. The number of hydrogen-bond acceptors (Lipinski definition) is 7. The first-order valence-corrected chi connectivity index (χ1v) is 12.5. The number of carbonyl (C=O) groups is 2. The molecule has 2 aromatic rings. The van der Waals surface area contributed by atoms with Crippen molar-refractivity contribution in [2.75, 3.05) is 6.61 Å². The fraction of sp³-hybridized carbons (Fsp3) is 0.440. The van der Waals surface area contributed by atoms with E-state index in [1.165, 1.54) is 23.5 Å². The van der Waals surface area contributed by atoms with Crippen LogP contribution in [-0.4, -0.2) is 34.5 Å². The number of carbonyl (C=O) groups excluding carboxylic acids is 1. The number of allylic oxidation sites excluding steroid dienone is 1. The monoisotopic (exact) mass is 477 g/mol. The molecule has 0 saturated heterocycles. The van der Waals surface area contributed by atoms with Crippen LogP contribution in [0.15, 0.2) is 52.1 Å². The molecule has 7 nitrogen and oxygen atoms in total. The van der Waals surface area contributed by atoms with E-state index in [9.17, 15) is 19.1 Å². The molecule has 172 valence electrons. The molecule has 0 bridgehead atoms. The van der Waals surface area contributed by atoms with E-state index in [2.05, 4.69) is 10.3 Å². The largest absolute Gasteiger partial charge is 0.481 e. The molecule has 6 fully saturated rings. The van der Waals surface area contributed by atoms with Gasteiger partial charge in [-0.25, -0.2) is 14.2 Å². The number of benzene rings is 1. The van der Waals surface area contributed by atoms with Gasteiger partial charge in [0.05, 0.1) is 17.6 Å². The number of rotatable bonds is 6. The van der Waals surface area contributed by atoms with Gasteiger partial charge in [-0.15, -0.1) is 11.3 Å². The zero-order valence-corrected chi connectivity index (χ0v) is 18.9. The highest BCUT2D eigenvalue weighted by atomic mass is 32.1. The molecule has 2 heterocycles. The lowest BCUT2D eigenvalue weighted by atomic mass is 8.92. The van der Waals surface area contributed by atoms with Crippen LogP contribution in [0.2, 0.25) is 0 Å². The number of esters is 1. The van der Waals surface area contributed by atoms with Gasteiger partial charge in [-0.3, -0.25) is 9.79 Å². The molecule has 34 heavy (non-hydrogen) atoms. The van der Waals surface area contributed by atoms with Gasteiger partial charge in [0.1, 0.15) is 11.9 Å². The van der Waals surface area contributed by atoms with Crippen molar-refractivity contribution in [2.45, 2.75) is 13.0 Å². The number of aromatic nitrogens is 1. The molecule has 1 aromatic heterocycles. The highest BCUT2D eigenvalue weighted by Gasteiger charge is 3.12. The summed E-state index contributed by atoms with van der Waals surface area (Å²) in [5, 5.41) is 16.0. The zero-order chi connectivity index (χ0) is 23.1. The summed E-state index contributed by atoms with van der Waals surface area (Å²) >= 11 is 1.45. The summed E-state index contributed by atoms with van der Waals surface area (Å²) in [6.07, 6.45) is 1.71. The van der Waals surface area contributed by atoms with Gasteiger partial charge in [0, 0.05) is 22.7 Å². The number of aliphatic imine (C=N–C) groups is 1. The average Bonchev–Trinajstić information content (AvgIpc) is 3.38. The van der Waals surface area contributed by atoms with Crippen LogP contribution in [-0.2, 0) is 14.3 Å². The summed E-state index contributed by atoms with van der Waals surface area (Å²) < 4.78 is 19.2. The molecule has 0 spiro atoms. The lowest BCUT2D eigenvalue weighted by molar-refractivity contribution is -0.633. The van der Waals surface area contributed by atoms with Crippen molar-refractivity contribution in [1.82, 2.24) is 10.3 Å². The molecule has 7 aliphatic rings. The zero-order valence-electron chi connectivity index (χ0n) is 18.1. The molecule has 9 rings (SSSR count). The summed E-state index contributed by atoms with van der Waals surface area (Å²) in [5.41, 5.74) is 1.31. The first kappa shape index (κ1) is 19.3. The van der Waals surface area contributed by atoms with Crippen molar-refractivity contribution >= 4 is 29.1 Å². The minimum atomic E-state index is -0.649. The van der Waals surface area contributed by atoms with Crippen LogP contribution in [0.3, 0.4) is 0 Å². The maximum Gasteiger partial charge on any atom is 0.338 e. The Bertz CT molecular complexity index is 1310. The van der Waals surface area contributed by atoms with Gasteiger partial charge in [-0.2, -0.15) is 0 Å². The molecule has 6 saturated carbocycles. The summed E-state index contributed by atoms with van der Waals surface area (Å²) in [6.45, 7) is 2.00. The lowest BCUT2D eigenvalue weighted by Gasteiger charge is -3.10. The van der Waals surface area contributed by atoms with Gasteiger partial charge in [-0.1, -0.05) is 12.1 Å². The van der Waals surface area contributed by atoms with Gasteiger partial charge in [0.15, 0.2) is 10.8 Å². The summed E-state index contributed by atoms with van der Waals surface area (Å²) in [5.74, 6) is 0.688. The molecule has 1 aromatic carbocycles. The Hall–Kier alpha value is -3.07. The van der Waals surface area contributed by atoms with E-state index in [0.717, 1.165) is 5.70 Å². The SMILES string of the molecule is CCOC(=O)C1=C(C23C4C5C2C2C3C4C52C(=O)O)NC(c2nccs2)=NC1c1ccc(F)cc1. The van der Waals surface area contributed by atoms with Gasteiger partial charge < -0.3 is 15.2 Å². The van der Waals surface area contributed by atoms with Crippen LogP contribution in [0.1, 0.15) is 23.5 Å². The molecule has 9 heteroatoms. The first-order chi connectivity index (χ1) is 16.5. The second-order valence-electron chi connectivity index (χ2n) is 10.2. The predicted octanol–water partition coefficient (Wildman–Crippen LogP) is 3.01. The standard InChI is InChI=1S/C25H20FN3O4S/c1-2-33-22(30)11-18(9-3-5-10(26)6-4-9)28-20(21-27-7-8-34-21)29-19(11)24-12-15-13(24)17-14(24)16(12)25(15,17)23(31)32/h3-8,12-18H,2H2,1H3,(H,28,29)(H,31,32).